The molecule has 1 saturated heterocycles. The Bertz CT molecular complexity index is 1420. The number of benzene rings is 1. The van der Waals surface area contributed by atoms with Crippen molar-refractivity contribution in [3.63, 3.8) is 0 Å². The molecule has 2 amide bonds. The van der Waals surface area contributed by atoms with Crippen LogP contribution in [0, 0.1) is 0 Å². The highest BCUT2D eigenvalue weighted by molar-refractivity contribution is 6.45. The van der Waals surface area contributed by atoms with Crippen molar-refractivity contribution in [2.24, 2.45) is 0 Å². The van der Waals surface area contributed by atoms with Gasteiger partial charge in [-0.05, 0) is 31.0 Å². The van der Waals surface area contributed by atoms with Gasteiger partial charge in [-0.3, -0.25) is 28.5 Å². The lowest BCUT2D eigenvalue weighted by molar-refractivity contribution is -0.132. The van der Waals surface area contributed by atoms with Crippen molar-refractivity contribution in [1.82, 2.24) is 19.4 Å². The maximum absolute atomic E-state index is 13.4. The van der Waals surface area contributed by atoms with Gasteiger partial charge in [-0.25, -0.2) is 0 Å². The molecule has 3 heterocycles. The molecule has 10 nitrogen and oxygen atoms in total. The number of fused-ring (bicyclic) bond motifs is 1. The molecule has 3 aromatic rings. The molecule has 0 atom stereocenters. The highest BCUT2D eigenvalue weighted by atomic mass is 16.5. The van der Waals surface area contributed by atoms with Gasteiger partial charge in [0.05, 0.1) is 11.1 Å². The van der Waals surface area contributed by atoms with Crippen LogP contribution in [0.3, 0.4) is 0 Å². The Morgan fingerprint density at radius 2 is 1.67 bits per heavy atom. The van der Waals surface area contributed by atoms with E-state index in [-0.39, 0.29) is 29.5 Å². The minimum Gasteiger partial charge on any atom is -0.408 e. The van der Waals surface area contributed by atoms with E-state index in [9.17, 15) is 24.0 Å². The largest absolute Gasteiger partial charge is 0.408 e. The average molecular weight is 489 g/mol. The van der Waals surface area contributed by atoms with Crippen LogP contribution in [0.1, 0.15) is 52.2 Å². The topological polar surface area (TPSA) is 119 Å². The van der Waals surface area contributed by atoms with Gasteiger partial charge >= 0.3 is 5.97 Å². The Labute approximate surface area is 206 Å². The zero-order chi connectivity index (χ0) is 25.6. The zero-order valence-corrected chi connectivity index (χ0v) is 19.9. The SMILES string of the molecule is CC(=O)Oc1ccc2c(C(=O)C(=O)N3CCN(C(=O)c4ccccc4)CC34CC4)cn(C(C)=O)c2n1. The molecule has 0 radical (unpaired) electrons. The number of ketones is 1. The molecule has 2 fully saturated rings. The van der Waals surface area contributed by atoms with E-state index in [0.717, 1.165) is 4.57 Å². The summed E-state index contributed by atoms with van der Waals surface area (Å²) in [6.45, 7) is 3.45. The molecule has 5 rings (SSSR count). The Hall–Kier alpha value is -4.34. The summed E-state index contributed by atoms with van der Waals surface area (Å²) in [5.41, 5.74) is 0.194. The van der Waals surface area contributed by atoms with E-state index >= 15 is 0 Å². The second-order valence-electron chi connectivity index (χ2n) is 9.15. The Balaban J connectivity index is 1.40. The Kier molecular flexibility index (Phi) is 5.66. The number of piperazine rings is 1. The predicted octanol–water partition coefficient (Wildman–Crippen LogP) is 2.32. The van der Waals surface area contributed by atoms with Crippen molar-refractivity contribution in [3.05, 3.63) is 59.8 Å². The Morgan fingerprint density at radius 3 is 2.31 bits per heavy atom. The minimum absolute atomic E-state index is 0.0166. The Morgan fingerprint density at radius 1 is 0.944 bits per heavy atom. The summed E-state index contributed by atoms with van der Waals surface area (Å²) in [6, 6.07) is 11.9. The summed E-state index contributed by atoms with van der Waals surface area (Å²) < 4.78 is 6.16. The van der Waals surface area contributed by atoms with Gasteiger partial charge in [0.1, 0.15) is 0 Å². The third kappa shape index (κ3) is 4.04. The molecule has 2 aromatic heterocycles. The van der Waals surface area contributed by atoms with Crippen LogP contribution >= 0.6 is 0 Å². The molecular formula is C26H24N4O6. The highest BCUT2D eigenvalue weighted by Crippen LogP contribution is 2.45. The summed E-state index contributed by atoms with van der Waals surface area (Å²) in [6.07, 6.45) is 2.70. The number of Topliss-reactive ketones (excluding diaryl/α,β-unsaturated/α-hetero) is 1. The van der Waals surface area contributed by atoms with E-state index in [1.54, 1.807) is 34.1 Å². The number of carbonyl (C=O) groups excluding carboxylic acids is 5. The summed E-state index contributed by atoms with van der Waals surface area (Å²) in [7, 11) is 0. The first kappa shape index (κ1) is 23.4. The van der Waals surface area contributed by atoms with Crippen LogP contribution in [0.4, 0.5) is 0 Å². The van der Waals surface area contributed by atoms with Crippen LogP contribution < -0.4 is 4.74 Å². The van der Waals surface area contributed by atoms with Crippen LogP contribution in [-0.2, 0) is 9.59 Å². The molecule has 1 saturated carbocycles. The monoisotopic (exact) mass is 488 g/mol. The lowest BCUT2D eigenvalue weighted by Crippen LogP contribution is -2.59. The number of aromatic nitrogens is 2. The summed E-state index contributed by atoms with van der Waals surface area (Å²) in [5, 5.41) is 0.308. The number of pyridine rings is 1. The van der Waals surface area contributed by atoms with E-state index in [2.05, 4.69) is 4.98 Å². The van der Waals surface area contributed by atoms with Gasteiger partial charge in [0.25, 0.3) is 17.6 Å². The van der Waals surface area contributed by atoms with Crippen LogP contribution in [0.15, 0.2) is 48.7 Å². The molecule has 36 heavy (non-hydrogen) atoms. The molecule has 0 unspecified atom stereocenters. The lowest BCUT2D eigenvalue weighted by Gasteiger charge is -2.41. The smallest absolute Gasteiger partial charge is 0.309 e. The number of amides is 2. The normalized spacial score (nSPS) is 16.2. The molecular weight excluding hydrogens is 464 g/mol. The average Bonchev–Trinajstić information content (AvgIpc) is 3.51. The van der Waals surface area contributed by atoms with Crippen LogP contribution in [0.25, 0.3) is 11.0 Å². The second kappa shape index (κ2) is 8.71. The number of ether oxygens (including phenoxy) is 1. The van der Waals surface area contributed by atoms with Crippen LogP contribution in [0.2, 0.25) is 0 Å². The van der Waals surface area contributed by atoms with Crippen molar-refractivity contribution in [3.8, 4) is 5.88 Å². The number of carbonyl (C=O) groups is 5. The van der Waals surface area contributed by atoms with Crippen molar-refractivity contribution in [2.45, 2.75) is 32.2 Å². The van der Waals surface area contributed by atoms with Gasteiger partial charge in [-0.1, -0.05) is 18.2 Å². The number of esters is 1. The molecule has 10 heteroatoms. The highest BCUT2D eigenvalue weighted by Gasteiger charge is 2.55. The molecule has 2 aliphatic rings. The number of hydrogen-bond donors (Lipinski definition) is 0. The van der Waals surface area contributed by atoms with E-state index in [0.29, 0.717) is 36.9 Å². The maximum Gasteiger partial charge on any atom is 0.309 e. The fourth-order valence-electron chi connectivity index (χ4n) is 4.75. The van der Waals surface area contributed by atoms with Crippen molar-refractivity contribution in [2.75, 3.05) is 19.6 Å². The molecule has 0 N–H and O–H groups in total. The van der Waals surface area contributed by atoms with Gasteiger partial charge in [0.15, 0.2) is 5.65 Å². The van der Waals surface area contributed by atoms with Crippen molar-refractivity contribution < 1.29 is 28.7 Å². The molecule has 0 bridgehead atoms. The summed E-state index contributed by atoms with van der Waals surface area (Å²) >= 11 is 0. The molecule has 1 aliphatic heterocycles. The number of hydrogen-bond acceptors (Lipinski definition) is 7. The number of rotatable bonds is 4. The zero-order valence-electron chi connectivity index (χ0n) is 19.9. The van der Waals surface area contributed by atoms with Crippen LogP contribution in [-0.4, -0.2) is 74.0 Å². The third-order valence-electron chi connectivity index (χ3n) is 6.68. The first-order valence-corrected chi connectivity index (χ1v) is 11.6. The summed E-state index contributed by atoms with van der Waals surface area (Å²) in [4.78, 5) is 70.8. The van der Waals surface area contributed by atoms with E-state index in [1.165, 1.54) is 32.2 Å². The lowest BCUT2D eigenvalue weighted by atomic mass is 10.0. The minimum atomic E-state index is -0.754. The fraction of sp³-hybridized carbons (Fsp3) is 0.308. The van der Waals surface area contributed by atoms with Gasteiger partial charge in [0.2, 0.25) is 11.8 Å². The van der Waals surface area contributed by atoms with Crippen molar-refractivity contribution in [1.29, 1.82) is 0 Å². The van der Waals surface area contributed by atoms with Crippen molar-refractivity contribution >= 4 is 40.5 Å². The van der Waals surface area contributed by atoms with Gasteiger partial charge < -0.3 is 14.5 Å². The molecule has 1 aromatic carbocycles. The molecule has 1 aliphatic carbocycles. The first-order chi connectivity index (χ1) is 17.2. The molecule has 1 spiro atoms. The van der Waals surface area contributed by atoms with E-state index in [1.807, 2.05) is 6.07 Å². The predicted molar refractivity (Wildman–Crippen MR) is 128 cm³/mol. The van der Waals surface area contributed by atoms with Crippen LogP contribution in [0.5, 0.6) is 5.88 Å². The first-order valence-electron chi connectivity index (χ1n) is 11.6. The van der Waals surface area contributed by atoms with Gasteiger partial charge in [-0.2, -0.15) is 4.98 Å². The maximum atomic E-state index is 13.4. The van der Waals surface area contributed by atoms with E-state index in [4.69, 9.17) is 4.74 Å². The van der Waals surface area contributed by atoms with Gasteiger partial charge in [0, 0.05) is 56.7 Å². The quantitative estimate of drug-likeness (QED) is 0.314. The second-order valence-corrected chi connectivity index (χ2v) is 9.15. The number of nitrogens with zero attached hydrogens (tertiary/aromatic N) is 4. The molecule has 184 valence electrons. The van der Waals surface area contributed by atoms with Gasteiger partial charge in [-0.15, -0.1) is 0 Å². The fourth-order valence-corrected chi connectivity index (χ4v) is 4.75. The standard InChI is InChI=1S/C26H24N4O6/c1-16(31)29-14-20(19-8-9-21(27-23(19)29)36-17(2)32)22(33)25(35)30-13-12-28(15-26(30)10-11-26)24(34)18-6-4-3-5-7-18/h3-9,14H,10-13,15H2,1-2H3. The summed E-state index contributed by atoms with van der Waals surface area (Å²) in [5.74, 6) is -2.53. The third-order valence-corrected chi connectivity index (χ3v) is 6.68. The van der Waals surface area contributed by atoms with E-state index < -0.39 is 29.1 Å².